The van der Waals surface area contributed by atoms with Crippen LogP contribution in [0.25, 0.3) is 5.57 Å². The zero-order valence-electron chi connectivity index (χ0n) is 22.4. The number of aliphatic imine (C=N–C) groups is 1. The van der Waals surface area contributed by atoms with Crippen molar-refractivity contribution in [1.29, 1.82) is 0 Å². The highest BCUT2D eigenvalue weighted by Gasteiger charge is 2.23. The summed E-state index contributed by atoms with van der Waals surface area (Å²) in [5.41, 5.74) is 6.65. The van der Waals surface area contributed by atoms with E-state index in [-0.39, 0.29) is 11.1 Å². The maximum absolute atomic E-state index is 14.1. The predicted molar refractivity (Wildman–Crippen MR) is 159 cm³/mol. The molecule has 0 aliphatic carbocycles. The fourth-order valence-corrected chi connectivity index (χ4v) is 5.82. The Hall–Kier alpha value is -2.10. The maximum atomic E-state index is 14.1. The van der Waals surface area contributed by atoms with Gasteiger partial charge in [-0.05, 0) is 58.9 Å². The summed E-state index contributed by atoms with van der Waals surface area (Å²) in [6.07, 6.45) is 11.3. The van der Waals surface area contributed by atoms with Crippen LogP contribution < -0.4 is 11.1 Å². The number of amidine groups is 1. The van der Waals surface area contributed by atoms with E-state index in [2.05, 4.69) is 53.7 Å². The molecule has 1 atom stereocenters. The number of nitrogens with one attached hydrogen (secondary N) is 1. The van der Waals surface area contributed by atoms with Crippen molar-refractivity contribution < 1.29 is 13.0 Å². The normalized spacial score (nSPS) is 17.3. The monoisotopic (exact) mass is 552 g/mol. The van der Waals surface area contributed by atoms with Crippen LogP contribution in [-0.4, -0.2) is 64.4 Å². The number of hydrogen-bond donors (Lipinski definition) is 2. The molecule has 0 amide bonds. The third-order valence-corrected chi connectivity index (χ3v) is 8.27. The van der Waals surface area contributed by atoms with Crippen molar-refractivity contribution >= 4 is 37.9 Å². The number of hydrogen-bond acceptors (Lipinski definition) is 6. The van der Waals surface area contributed by atoms with Crippen LogP contribution in [0.15, 0.2) is 52.5 Å². The SMILES string of the molecule is C=C(C1=C(N)CN=C(NC(CCC)CCC)S1)c1c(F)cccc1F.C=S(C)(=O)CCCN1CC=CC1. The molecule has 2 heterocycles. The second-order valence-electron chi connectivity index (χ2n) is 9.54. The first kappa shape index (κ1) is 31.1. The molecule has 0 radical (unpaired) electrons. The van der Waals surface area contributed by atoms with Gasteiger partial charge in [-0.15, -0.1) is 0 Å². The first-order chi connectivity index (χ1) is 17.6. The van der Waals surface area contributed by atoms with Gasteiger partial charge >= 0.3 is 0 Å². The molecular weight excluding hydrogens is 510 g/mol. The maximum Gasteiger partial charge on any atom is 0.162 e. The van der Waals surface area contributed by atoms with E-state index < -0.39 is 21.2 Å². The molecule has 1 unspecified atom stereocenters. The minimum atomic E-state index is -1.76. The first-order valence-electron chi connectivity index (χ1n) is 12.8. The molecule has 9 heteroatoms. The fourth-order valence-electron chi connectivity index (χ4n) is 4.11. The number of nitrogens with two attached hydrogens (primary N) is 1. The third kappa shape index (κ3) is 10.7. The highest BCUT2D eigenvalue weighted by molar-refractivity contribution is 8.17. The second kappa shape index (κ2) is 15.3. The third-order valence-electron chi connectivity index (χ3n) is 5.97. The average molecular weight is 553 g/mol. The summed E-state index contributed by atoms with van der Waals surface area (Å²) < 4.78 is 39.4. The number of nitrogens with zero attached hydrogens (tertiary/aromatic N) is 2. The average Bonchev–Trinajstić information content (AvgIpc) is 3.33. The molecule has 0 saturated heterocycles. The molecule has 5 nitrogen and oxygen atoms in total. The van der Waals surface area contributed by atoms with Crippen LogP contribution in [-0.2, 0) is 9.52 Å². The van der Waals surface area contributed by atoms with Crippen LogP contribution in [0, 0.1) is 11.6 Å². The van der Waals surface area contributed by atoms with Gasteiger partial charge in [-0.3, -0.25) is 14.1 Å². The molecule has 0 saturated carbocycles. The molecule has 2 aliphatic rings. The molecule has 0 bridgehead atoms. The second-order valence-corrected chi connectivity index (χ2v) is 13.3. The molecular formula is C28H42F2N4OS2. The largest absolute Gasteiger partial charge is 0.400 e. The Balaban J connectivity index is 0.000000335. The predicted octanol–water partition coefficient (Wildman–Crippen LogP) is 5.40. The van der Waals surface area contributed by atoms with Crippen LogP contribution >= 0.6 is 11.8 Å². The van der Waals surface area contributed by atoms with Crippen molar-refractivity contribution in [3.63, 3.8) is 0 Å². The Kier molecular flexibility index (Phi) is 12.9. The molecule has 1 aromatic rings. The van der Waals surface area contributed by atoms with E-state index >= 15 is 0 Å². The van der Waals surface area contributed by atoms with Crippen LogP contribution in [0.4, 0.5) is 8.78 Å². The quantitative estimate of drug-likeness (QED) is 0.284. The topological polar surface area (TPSA) is 70.7 Å². The molecule has 0 fully saturated rings. The van der Waals surface area contributed by atoms with Crippen LogP contribution in [0.3, 0.4) is 0 Å². The highest BCUT2D eigenvalue weighted by atomic mass is 32.2. The van der Waals surface area contributed by atoms with Crippen LogP contribution in [0.1, 0.15) is 51.5 Å². The molecule has 0 spiro atoms. The van der Waals surface area contributed by atoms with Gasteiger partial charge in [0.1, 0.15) is 11.6 Å². The summed E-state index contributed by atoms with van der Waals surface area (Å²) in [6, 6.07) is 4.11. The Labute approximate surface area is 226 Å². The van der Waals surface area contributed by atoms with E-state index in [0.29, 0.717) is 23.2 Å². The molecule has 37 heavy (non-hydrogen) atoms. The summed E-state index contributed by atoms with van der Waals surface area (Å²) in [6.45, 7) is 11.6. The van der Waals surface area contributed by atoms with Crippen molar-refractivity contribution in [3.05, 3.63) is 64.7 Å². The number of thioether (sulfide) groups is 1. The smallest absolute Gasteiger partial charge is 0.162 e. The highest BCUT2D eigenvalue weighted by Crippen LogP contribution is 2.37. The van der Waals surface area contributed by atoms with Gasteiger partial charge in [0.25, 0.3) is 0 Å². The van der Waals surface area contributed by atoms with Crippen molar-refractivity contribution in [2.75, 3.05) is 38.2 Å². The van der Waals surface area contributed by atoms with Gasteiger partial charge in [0.05, 0.1) is 12.1 Å². The lowest BCUT2D eigenvalue weighted by Gasteiger charge is -2.24. The Bertz CT molecular complexity index is 1080. The van der Waals surface area contributed by atoms with Crippen molar-refractivity contribution in [2.24, 2.45) is 10.7 Å². The fraction of sp³-hybridized carbons (Fsp3) is 0.500. The summed E-state index contributed by atoms with van der Waals surface area (Å²) in [5.74, 6) is 3.10. The Morgan fingerprint density at radius 1 is 1.22 bits per heavy atom. The molecule has 0 aromatic heterocycles. The van der Waals surface area contributed by atoms with E-state index in [1.54, 1.807) is 6.26 Å². The number of allylic oxidation sites excluding steroid dienone is 1. The molecule has 3 N–H and O–H groups in total. The van der Waals surface area contributed by atoms with Gasteiger partial charge < -0.3 is 11.1 Å². The lowest BCUT2D eigenvalue weighted by molar-refractivity contribution is 0.354. The van der Waals surface area contributed by atoms with E-state index in [1.165, 1.54) is 30.0 Å². The van der Waals surface area contributed by atoms with E-state index in [9.17, 15) is 13.0 Å². The van der Waals surface area contributed by atoms with Gasteiger partial charge in [0, 0.05) is 41.7 Å². The lowest BCUT2D eigenvalue weighted by Crippen LogP contribution is -2.34. The molecule has 1 aromatic carbocycles. The number of benzene rings is 1. The molecule has 206 valence electrons. The summed E-state index contributed by atoms with van der Waals surface area (Å²) >= 11 is 1.30. The zero-order chi connectivity index (χ0) is 27.4. The van der Waals surface area contributed by atoms with Gasteiger partial charge in [0.15, 0.2) is 5.17 Å². The Morgan fingerprint density at radius 3 is 2.35 bits per heavy atom. The summed E-state index contributed by atoms with van der Waals surface area (Å²) in [4.78, 5) is 7.36. The first-order valence-corrected chi connectivity index (χ1v) is 16.0. The minimum absolute atomic E-state index is 0.132. The van der Waals surface area contributed by atoms with Gasteiger partial charge in [0.2, 0.25) is 0 Å². The number of halogens is 2. The zero-order valence-corrected chi connectivity index (χ0v) is 24.0. The standard InChI is InChI=1S/C19H25F2N3S.C9H17NOS/c1-4-7-13(8-5-2)24-19-23-11-16(22)18(25-19)12(3)17-14(20)9-6-10-15(17)21;1-12(2,11)9-5-8-10-6-3-4-7-10/h6,9-10,13H,3-5,7-8,11,22H2,1-2H3,(H,23,24);3-4H,1,5-9H2,2H3. The summed E-state index contributed by atoms with van der Waals surface area (Å²) in [7, 11) is -1.76. The van der Waals surface area contributed by atoms with Crippen molar-refractivity contribution in [3.8, 4) is 0 Å². The number of rotatable bonds is 11. The van der Waals surface area contributed by atoms with Gasteiger partial charge in [-0.25, -0.2) is 8.78 Å². The minimum Gasteiger partial charge on any atom is -0.400 e. The van der Waals surface area contributed by atoms with E-state index in [0.717, 1.165) is 62.7 Å². The van der Waals surface area contributed by atoms with Gasteiger partial charge in [-0.2, -0.15) is 0 Å². The van der Waals surface area contributed by atoms with Crippen molar-refractivity contribution in [1.82, 2.24) is 10.2 Å². The Morgan fingerprint density at radius 2 is 1.81 bits per heavy atom. The van der Waals surface area contributed by atoms with Crippen LogP contribution in [0.5, 0.6) is 0 Å². The van der Waals surface area contributed by atoms with Crippen molar-refractivity contribution in [2.45, 2.75) is 52.0 Å². The van der Waals surface area contributed by atoms with E-state index in [1.807, 2.05) is 0 Å². The summed E-state index contributed by atoms with van der Waals surface area (Å²) in [5, 5.41) is 4.17. The molecule has 2 aliphatic heterocycles. The van der Waals surface area contributed by atoms with Crippen LogP contribution in [0.2, 0.25) is 0 Å². The van der Waals surface area contributed by atoms with E-state index in [4.69, 9.17) is 5.73 Å². The lowest BCUT2D eigenvalue weighted by atomic mass is 10.0. The molecule has 3 rings (SSSR count). The van der Waals surface area contributed by atoms with Gasteiger partial charge in [-0.1, -0.05) is 63.2 Å².